The second-order valence-electron chi connectivity index (χ2n) is 5.02. The zero-order chi connectivity index (χ0) is 13.6. The van der Waals surface area contributed by atoms with E-state index in [1.165, 1.54) is 11.3 Å². The highest BCUT2D eigenvalue weighted by Gasteiger charge is 2.17. The van der Waals surface area contributed by atoms with Crippen LogP contribution in [0, 0.1) is 0 Å². The SMILES string of the molecule is c1ccc(CCc2noc(CC3CSCCN3)n2)cc1. The lowest BCUT2D eigenvalue weighted by atomic mass is 10.1. The molecule has 0 aliphatic carbocycles. The van der Waals surface area contributed by atoms with Gasteiger partial charge in [-0.25, -0.2) is 0 Å². The quantitative estimate of drug-likeness (QED) is 0.913. The second kappa shape index (κ2) is 6.90. The van der Waals surface area contributed by atoms with Gasteiger partial charge in [-0.3, -0.25) is 0 Å². The van der Waals surface area contributed by atoms with Crippen molar-refractivity contribution in [2.24, 2.45) is 0 Å². The van der Waals surface area contributed by atoms with Crippen LogP contribution < -0.4 is 5.32 Å². The minimum absolute atomic E-state index is 0.469. The molecule has 0 amide bonds. The average Bonchev–Trinajstić information content (AvgIpc) is 2.95. The van der Waals surface area contributed by atoms with Crippen LogP contribution in [0.15, 0.2) is 34.9 Å². The number of rotatable bonds is 5. The first-order valence-corrected chi connectivity index (χ1v) is 8.22. The molecule has 106 valence electrons. The van der Waals surface area contributed by atoms with Gasteiger partial charge in [0.15, 0.2) is 5.82 Å². The molecule has 5 heteroatoms. The Morgan fingerprint density at radius 3 is 2.95 bits per heavy atom. The molecule has 0 radical (unpaired) electrons. The summed E-state index contributed by atoms with van der Waals surface area (Å²) < 4.78 is 5.35. The van der Waals surface area contributed by atoms with Gasteiger partial charge in [0.25, 0.3) is 0 Å². The Balaban J connectivity index is 1.51. The molecule has 1 N–H and O–H groups in total. The van der Waals surface area contributed by atoms with E-state index in [1.807, 2.05) is 17.8 Å². The third-order valence-corrected chi connectivity index (χ3v) is 4.54. The van der Waals surface area contributed by atoms with Crippen molar-refractivity contribution in [3.05, 3.63) is 47.6 Å². The fraction of sp³-hybridized carbons (Fsp3) is 0.467. The lowest BCUT2D eigenvalue weighted by Gasteiger charge is -2.21. The normalized spacial score (nSPS) is 19.1. The van der Waals surface area contributed by atoms with Gasteiger partial charge in [-0.1, -0.05) is 35.5 Å². The largest absolute Gasteiger partial charge is 0.339 e. The van der Waals surface area contributed by atoms with Crippen molar-refractivity contribution in [1.82, 2.24) is 15.5 Å². The van der Waals surface area contributed by atoms with Crippen molar-refractivity contribution in [3.8, 4) is 0 Å². The molecule has 1 aliphatic heterocycles. The first-order chi connectivity index (χ1) is 9.90. The first kappa shape index (κ1) is 13.6. The first-order valence-electron chi connectivity index (χ1n) is 7.06. The maximum atomic E-state index is 5.35. The van der Waals surface area contributed by atoms with Crippen LogP contribution >= 0.6 is 11.8 Å². The van der Waals surface area contributed by atoms with Crippen LogP contribution in [0.3, 0.4) is 0 Å². The fourth-order valence-corrected chi connectivity index (χ4v) is 3.29. The Bertz CT molecular complexity index is 523. The van der Waals surface area contributed by atoms with E-state index in [0.29, 0.717) is 6.04 Å². The molecule has 3 rings (SSSR count). The molecule has 2 aromatic rings. The average molecular weight is 289 g/mol. The molecule has 1 aromatic heterocycles. The van der Waals surface area contributed by atoms with Gasteiger partial charge in [-0.2, -0.15) is 16.7 Å². The number of hydrogen-bond donors (Lipinski definition) is 1. The molecule has 1 unspecified atom stereocenters. The molecule has 0 spiro atoms. The van der Waals surface area contributed by atoms with Crippen LogP contribution in [-0.4, -0.2) is 34.2 Å². The summed E-state index contributed by atoms with van der Waals surface area (Å²) in [6, 6.07) is 10.9. The summed E-state index contributed by atoms with van der Waals surface area (Å²) in [6.07, 6.45) is 2.63. The zero-order valence-electron chi connectivity index (χ0n) is 11.4. The standard InChI is InChI=1S/C15H19N3OS/c1-2-4-12(5-3-1)6-7-14-17-15(19-18-14)10-13-11-20-9-8-16-13/h1-5,13,16H,6-11H2. The summed E-state index contributed by atoms with van der Waals surface area (Å²) in [5, 5.41) is 7.56. The highest BCUT2D eigenvalue weighted by atomic mass is 32.2. The van der Waals surface area contributed by atoms with E-state index in [-0.39, 0.29) is 0 Å². The number of nitrogens with one attached hydrogen (secondary N) is 1. The Kier molecular flexibility index (Phi) is 4.71. The fourth-order valence-electron chi connectivity index (χ4n) is 2.34. The number of thioether (sulfide) groups is 1. The number of aromatic nitrogens is 2. The molecule has 1 aliphatic rings. The summed E-state index contributed by atoms with van der Waals surface area (Å²) in [5.74, 6) is 3.89. The van der Waals surface area contributed by atoms with E-state index in [0.717, 1.165) is 43.3 Å². The molecule has 1 saturated heterocycles. The monoisotopic (exact) mass is 289 g/mol. The Morgan fingerprint density at radius 2 is 2.15 bits per heavy atom. The molecular weight excluding hydrogens is 270 g/mol. The van der Waals surface area contributed by atoms with Crippen LogP contribution in [0.25, 0.3) is 0 Å². The van der Waals surface area contributed by atoms with Crippen LogP contribution in [-0.2, 0) is 19.3 Å². The van der Waals surface area contributed by atoms with Crippen molar-refractivity contribution in [2.45, 2.75) is 25.3 Å². The van der Waals surface area contributed by atoms with Crippen LogP contribution in [0.4, 0.5) is 0 Å². The minimum Gasteiger partial charge on any atom is -0.339 e. The lowest BCUT2D eigenvalue weighted by molar-refractivity contribution is 0.358. The van der Waals surface area contributed by atoms with E-state index in [2.05, 4.69) is 39.7 Å². The third kappa shape index (κ3) is 3.84. The van der Waals surface area contributed by atoms with Crippen LogP contribution in [0.5, 0.6) is 0 Å². The van der Waals surface area contributed by atoms with Crippen molar-refractivity contribution in [1.29, 1.82) is 0 Å². The Morgan fingerprint density at radius 1 is 1.25 bits per heavy atom. The van der Waals surface area contributed by atoms with E-state index in [9.17, 15) is 0 Å². The van der Waals surface area contributed by atoms with Gasteiger partial charge in [0.2, 0.25) is 5.89 Å². The predicted molar refractivity (Wildman–Crippen MR) is 81.0 cm³/mol. The van der Waals surface area contributed by atoms with Crippen molar-refractivity contribution >= 4 is 11.8 Å². The molecule has 0 bridgehead atoms. The van der Waals surface area contributed by atoms with Crippen molar-refractivity contribution in [2.75, 3.05) is 18.1 Å². The summed E-state index contributed by atoms with van der Waals surface area (Å²) in [4.78, 5) is 4.49. The number of benzene rings is 1. The highest BCUT2D eigenvalue weighted by Crippen LogP contribution is 2.12. The summed E-state index contributed by atoms with van der Waals surface area (Å²) >= 11 is 1.98. The maximum absolute atomic E-state index is 5.35. The van der Waals surface area contributed by atoms with E-state index >= 15 is 0 Å². The van der Waals surface area contributed by atoms with Gasteiger partial charge in [-0.15, -0.1) is 0 Å². The molecule has 1 fully saturated rings. The van der Waals surface area contributed by atoms with Gasteiger partial charge in [-0.05, 0) is 12.0 Å². The number of aryl methyl sites for hydroxylation is 2. The van der Waals surface area contributed by atoms with Gasteiger partial charge in [0, 0.05) is 36.9 Å². The number of nitrogens with zero attached hydrogens (tertiary/aromatic N) is 2. The minimum atomic E-state index is 0.469. The Hall–Kier alpha value is -1.33. The maximum Gasteiger partial charge on any atom is 0.228 e. The zero-order valence-corrected chi connectivity index (χ0v) is 12.2. The van der Waals surface area contributed by atoms with Crippen molar-refractivity contribution < 1.29 is 4.52 Å². The lowest BCUT2D eigenvalue weighted by Crippen LogP contribution is -2.38. The summed E-state index contributed by atoms with van der Waals surface area (Å²) in [7, 11) is 0. The second-order valence-corrected chi connectivity index (χ2v) is 6.17. The van der Waals surface area contributed by atoms with Crippen LogP contribution in [0.2, 0.25) is 0 Å². The van der Waals surface area contributed by atoms with Gasteiger partial charge in [0.1, 0.15) is 0 Å². The smallest absolute Gasteiger partial charge is 0.228 e. The number of hydrogen-bond acceptors (Lipinski definition) is 5. The molecule has 1 aromatic carbocycles. The Labute approximate surface area is 123 Å². The van der Waals surface area contributed by atoms with Gasteiger partial charge >= 0.3 is 0 Å². The predicted octanol–water partition coefficient (Wildman–Crippen LogP) is 2.10. The topological polar surface area (TPSA) is 51.0 Å². The van der Waals surface area contributed by atoms with Crippen molar-refractivity contribution in [3.63, 3.8) is 0 Å². The highest BCUT2D eigenvalue weighted by molar-refractivity contribution is 7.99. The van der Waals surface area contributed by atoms with Gasteiger partial charge in [0.05, 0.1) is 0 Å². The molecule has 0 saturated carbocycles. The van der Waals surface area contributed by atoms with E-state index in [1.54, 1.807) is 0 Å². The molecular formula is C15H19N3OS. The third-order valence-electron chi connectivity index (χ3n) is 3.41. The molecule has 1 atom stereocenters. The van der Waals surface area contributed by atoms with Crippen LogP contribution in [0.1, 0.15) is 17.3 Å². The van der Waals surface area contributed by atoms with E-state index < -0.39 is 0 Å². The van der Waals surface area contributed by atoms with E-state index in [4.69, 9.17) is 4.52 Å². The molecule has 4 nitrogen and oxygen atoms in total. The molecule has 20 heavy (non-hydrogen) atoms. The molecule has 2 heterocycles. The van der Waals surface area contributed by atoms with Gasteiger partial charge < -0.3 is 9.84 Å². The summed E-state index contributed by atoms with van der Waals surface area (Å²) in [5.41, 5.74) is 1.31. The summed E-state index contributed by atoms with van der Waals surface area (Å²) in [6.45, 7) is 1.07.